The average molecular weight is 477 g/mol. The first-order valence-corrected chi connectivity index (χ1v) is 10.5. The second kappa shape index (κ2) is 8.51. The first-order chi connectivity index (χ1) is 15.6. The fourth-order valence-electron chi connectivity index (χ4n) is 3.43. The van der Waals surface area contributed by atoms with E-state index in [1.807, 2.05) is 26.8 Å². The van der Waals surface area contributed by atoms with Crippen molar-refractivity contribution in [1.29, 1.82) is 0 Å². The van der Waals surface area contributed by atoms with Gasteiger partial charge in [-0.1, -0.05) is 23.7 Å². The number of rotatable bonds is 5. The number of aryl methyl sites for hydroxylation is 3. The Morgan fingerprint density at radius 3 is 2.58 bits per heavy atom. The van der Waals surface area contributed by atoms with Gasteiger partial charge in [0.1, 0.15) is 0 Å². The van der Waals surface area contributed by atoms with Crippen LogP contribution in [0.1, 0.15) is 39.9 Å². The molecule has 1 aromatic carbocycles. The van der Waals surface area contributed by atoms with E-state index in [1.54, 1.807) is 16.8 Å². The smallest absolute Gasteiger partial charge is 0.345 e. The highest BCUT2D eigenvalue weighted by molar-refractivity contribution is 6.31. The van der Waals surface area contributed by atoms with Gasteiger partial charge in [-0.05, 0) is 44.0 Å². The Morgan fingerprint density at radius 1 is 1.15 bits per heavy atom. The normalized spacial score (nSPS) is 11.8. The van der Waals surface area contributed by atoms with Gasteiger partial charge in [0, 0.05) is 18.2 Å². The van der Waals surface area contributed by atoms with Gasteiger partial charge in [0.2, 0.25) is 0 Å². The summed E-state index contributed by atoms with van der Waals surface area (Å²) in [7, 11) is 0. The lowest BCUT2D eigenvalue weighted by molar-refractivity contribution is -0.142. The van der Waals surface area contributed by atoms with Gasteiger partial charge in [0.05, 0.1) is 29.2 Å². The molecule has 3 aromatic heterocycles. The highest BCUT2D eigenvalue weighted by Gasteiger charge is 2.35. The number of aromatic nitrogens is 5. The van der Waals surface area contributed by atoms with Gasteiger partial charge < -0.3 is 5.32 Å². The van der Waals surface area contributed by atoms with Gasteiger partial charge in [-0.25, -0.2) is 9.50 Å². The van der Waals surface area contributed by atoms with E-state index in [1.165, 1.54) is 12.3 Å². The van der Waals surface area contributed by atoms with Crippen molar-refractivity contribution in [2.24, 2.45) is 0 Å². The number of fused-ring (bicyclic) bond motifs is 1. The summed E-state index contributed by atoms with van der Waals surface area (Å²) in [4.78, 5) is 17.0. The van der Waals surface area contributed by atoms with Gasteiger partial charge in [0.15, 0.2) is 17.0 Å². The fourth-order valence-corrected chi connectivity index (χ4v) is 3.63. The summed E-state index contributed by atoms with van der Waals surface area (Å²) in [5, 5.41) is 11.0. The van der Waals surface area contributed by atoms with Crippen LogP contribution in [-0.2, 0) is 19.3 Å². The van der Waals surface area contributed by atoms with Crippen LogP contribution in [0.15, 0.2) is 36.5 Å². The summed E-state index contributed by atoms with van der Waals surface area (Å²) in [6, 6.07) is 7.48. The molecule has 11 heteroatoms. The lowest BCUT2D eigenvalue weighted by atomic mass is 10.0. The zero-order chi connectivity index (χ0) is 23.9. The quantitative estimate of drug-likeness (QED) is 0.447. The van der Waals surface area contributed by atoms with E-state index in [2.05, 4.69) is 20.5 Å². The highest BCUT2D eigenvalue weighted by Crippen LogP contribution is 2.32. The number of benzene rings is 1. The molecule has 1 N–H and O–H groups in total. The molecule has 33 heavy (non-hydrogen) atoms. The lowest BCUT2D eigenvalue weighted by Gasteiger charge is -2.11. The number of nitrogens with zero attached hydrogens (tertiary/aromatic N) is 5. The van der Waals surface area contributed by atoms with Crippen LogP contribution in [0, 0.1) is 13.8 Å². The molecular weight excluding hydrogens is 457 g/mol. The number of carbonyl (C=O) groups excluding carboxylic acids is 1. The van der Waals surface area contributed by atoms with Crippen molar-refractivity contribution in [3.63, 3.8) is 0 Å². The summed E-state index contributed by atoms with van der Waals surface area (Å²) < 4.78 is 43.7. The van der Waals surface area contributed by atoms with Crippen molar-refractivity contribution in [1.82, 2.24) is 29.7 Å². The van der Waals surface area contributed by atoms with Crippen LogP contribution in [0.2, 0.25) is 5.02 Å². The Bertz CT molecular complexity index is 1360. The maximum Gasteiger partial charge on any atom is 0.433 e. The molecule has 172 valence electrons. The van der Waals surface area contributed by atoms with E-state index in [-0.39, 0.29) is 23.6 Å². The van der Waals surface area contributed by atoms with Crippen LogP contribution in [0.5, 0.6) is 0 Å². The molecule has 0 unspecified atom stereocenters. The van der Waals surface area contributed by atoms with Gasteiger partial charge in [0.25, 0.3) is 5.91 Å². The minimum atomic E-state index is -4.70. The van der Waals surface area contributed by atoms with Crippen LogP contribution in [-0.4, -0.2) is 30.3 Å². The Balaban J connectivity index is 1.71. The predicted molar refractivity (Wildman–Crippen MR) is 117 cm³/mol. The molecule has 0 aliphatic heterocycles. The molecule has 3 heterocycles. The van der Waals surface area contributed by atoms with Crippen LogP contribution in [0.4, 0.5) is 13.2 Å². The molecule has 4 rings (SSSR count). The van der Waals surface area contributed by atoms with E-state index in [0.29, 0.717) is 27.3 Å². The summed E-state index contributed by atoms with van der Waals surface area (Å²) in [5.41, 5.74) is 1.92. The predicted octanol–water partition coefficient (Wildman–Crippen LogP) is 4.83. The number of hydrogen-bond acceptors (Lipinski definition) is 4. The fraction of sp³-hybridized carbons (Fsp3) is 0.273. The zero-order valence-corrected chi connectivity index (χ0v) is 18.8. The molecule has 1 amide bonds. The topological polar surface area (TPSA) is 77.1 Å². The maximum atomic E-state index is 13.8. The lowest BCUT2D eigenvalue weighted by Crippen LogP contribution is -2.25. The van der Waals surface area contributed by atoms with Crippen LogP contribution in [0.25, 0.3) is 16.9 Å². The molecule has 0 atom stereocenters. The number of carbonyl (C=O) groups is 1. The molecular formula is C22H20ClF3N6O. The molecule has 0 saturated heterocycles. The van der Waals surface area contributed by atoms with Gasteiger partial charge in [-0.3, -0.25) is 9.48 Å². The standard InChI is InChI=1S/C22H20ClF3N6O/c1-4-31-18(15(23)10-28-31)11-27-21(33)17-9-20-29-16(14-6-5-12(2)13(3)7-14)8-19(22(24,25)26)32(20)30-17/h5-10H,4,11H2,1-3H3,(H,27,33). The minimum absolute atomic E-state index is 0.0484. The SMILES string of the molecule is CCn1ncc(Cl)c1CNC(=O)c1cc2nc(-c3ccc(C)c(C)c3)cc(C(F)(F)F)n2n1. The average Bonchev–Trinajstić information content (AvgIpc) is 3.35. The van der Waals surface area contributed by atoms with Crippen LogP contribution in [0.3, 0.4) is 0 Å². The number of alkyl halides is 3. The van der Waals surface area contributed by atoms with Crippen molar-refractivity contribution >= 4 is 23.2 Å². The number of hydrogen-bond donors (Lipinski definition) is 1. The zero-order valence-electron chi connectivity index (χ0n) is 18.0. The summed E-state index contributed by atoms with van der Waals surface area (Å²) in [6.45, 7) is 6.26. The summed E-state index contributed by atoms with van der Waals surface area (Å²) in [5.74, 6) is -0.652. The van der Waals surface area contributed by atoms with Crippen LogP contribution >= 0.6 is 11.6 Å². The molecule has 0 aliphatic carbocycles. The third-order valence-corrected chi connectivity index (χ3v) is 5.68. The third-order valence-electron chi connectivity index (χ3n) is 5.37. The molecule has 0 spiro atoms. The number of amides is 1. The monoisotopic (exact) mass is 476 g/mol. The third kappa shape index (κ3) is 4.43. The number of halogens is 4. The largest absolute Gasteiger partial charge is 0.433 e. The Morgan fingerprint density at radius 2 is 1.91 bits per heavy atom. The molecule has 0 fully saturated rings. The summed E-state index contributed by atoms with van der Waals surface area (Å²) in [6.07, 6.45) is -3.23. The van der Waals surface area contributed by atoms with E-state index >= 15 is 0 Å². The molecule has 0 radical (unpaired) electrons. The highest BCUT2D eigenvalue weighted by atomic mass is 35.5. The van der Waals surface area contributed by atoms with E-state index in [9.17, 15) is 18.0 Å². The van der Waals surface area contributed by atoms with E-state index in [4.69, 9.17) is 11.6 Å². The van der Waals surface area contributed by atoms with Gasteiger partial charge in [-0.2, -0.15) is 23.4 Å². The Labute approximate surface area is 192 Å². The van der Waals surface area contributed by atoms with Crippen molar-refractivity contribution in [2.75, 3.05) is 0 Å². The van der Waals surface area contributed by atoms with Gasteiger partial charge in [-0.15, -0.1) is 0 Å². The van der Waals surface area contributed by atoms with Crippen molar-refractivity contribution in [3.05, 3.63) is 69.8 Å². The van der Waals surface area contributed by atoms with E-state index in [0.717, 1.165) is 17.2 Å². The molecule has 4 aromatic rings. The Kier molecular flexibility index (Phi) is 5.87. The van der Waals surface area contributed by atoms with Crippen molar-refractivity contribution in [3.8, 4) is 11.3 Å². The maximum absolute atomic E-state index is 13.8. The van der Waals surface area contributed by atoms with Crippen LogP contribution < -0.4 is 5.32 Å². The summed E-state index contributed by atoms with van der Waals surface area (Å²) >= 11 is 6.10. The first-order valence-electron chi connectivity index (χ1n) is 10.1. The molecule has 0 aliphatic rings. The van der Waals surface area contributed by atoms with Crippen molar-refractivity contribution in [2.45, 2.75) is 40.0 Å². The van der Waals surface area contributed by atoms with E-state index < -0.39 is 17.8 Å². The molecule has 0 saturated carbocycles. The minimum Gasteiger partial charge on any atom is -0.345 e. The first kappa shape index (κ1) is 22.8. The Hall–Kier alpha value is -3.40. The second-order valence-corrected chi connectivity index (χ2v) is 7.97. The van der Waals surface area contributed by atoms with Gasteiger partial charge >= 0.3 is 6.18 Å². The second-order valence-electron chi connectivity index (χ2n) is 7.56. The molecule has 7 nitrogen and oxygen atoms in total. The molecule has 0 bridgehead atoms. The number of nitrogens with one attached hydrogen (secondary N) is 1. The van der Waals surface area contributed by atoms with Crippen molar-refractivity contribution < 1.29 is 18.0 Å².